The molecule has 2 rings (SSSR count). The predicted octanol–water partition coefficient (Wildman–Crippen LogP) is 2.04. The number of hydrogen-bond donors (Lipinski definition) is 1. The van der Waals surface area contributed by atoms with Gasteiger partial charge in [0, 0.05) is 19.5 Å². The highest BCUT2D eigenvalue weighted by Gasteiger charge is 2.15. The van der Waals surface area contributed by atoms with E-state index in [0.29, 0.717) is 13.0 Å². The van der Waals surface area contributed by atoms with E-state index in [1.54, 1.807) is 13.3 Å². The van der Waals surface area contributed by atoms with Crippen LogP contribution < -0.4 is 10.1 Å². The number of ether oxygens (including phenoxy) is 1. The number of carbonyl (C=O) groups is 1. The zero-order valence-electron chi connectivity index (χ0n) is 14.2. The Balaban J connectivity index is 1.84. The van der Waals surface area contributed by atoms with Gasteiger partial charge in [-0.3, -0.25) is 4.79 Å². The van der Waals surface area contributed by atoms with E-state index in [1.165, 1.54) is 0 Å². The van der Waals surface area contributed by atoms with Gasteiger partial charge in [-0.15, -0.1) is 10.2 Å². The van der Waals surface area contributed by atoms with Gasteiger partial charge in [0.25, 0.3) is 5.91 Å². The molecule has 1 atom stereocenters. The first-order valence-electron chi connectivity index (χ1n) is 7.89. The number of aromatic nitrogens is 3. The molecule has 6 heteroatoms. The van der Waals surface area contributed by atoms with Gasteiger partial charge in [0.1, 0.15) is 17.9 Å². The zero-order valence-corrected chi connectivity index (χ0v) is 14.2. The van der Waals surface area contributed by atoms with Gasteiger partial charge >= 0.3 is 0 Å². The maximum absolute atomic E-state index is 12.1. The van der Waals surface area contributed by atoms with Gasteiger partial charge in [-0.05, 0) is 44.9 Å². The van der Waals surface area contributed by atoms with Crippen molar-refractivity contribution in [3.05, 3.63) is 41.5 Å². The topological polar surface area (TPSA) is 69.0 Å². The summed E-state index contributed by atoms with van der Waals surface area (Å²) in [7, 11) is 0. The van der Waals surface area contributed by atoms with Crippen LogP contribution >= 0.6 is 0 Å². The minimum absolute atomic E-state index is 0.131. The average molecular weight is 316 g/mol. The Labute approximate surface area is 136 Å². The number of carbonyl (C=O) groups excluding carboxylic acids is 1. The van der Waals surface area contributed by atoms with Crippen LogP contribution in [0.2, 0.25) is 0 Å². The van der Waals surface area contributed by atoms with Crippen LogP contribution in [0.5, 0.6) is 5.75 Å². The maximum atomic E-state index is 12.1. The summed E-state index contributed by atoms with van der Waals surface area (Å²) in [6.45, 7) is 9.09. The molecule has 0 spiro atoms. The number of hydrogen-bond acceptors (Lipinski definition) is 4. The molecule has 0 fully saturated rings. The Bertz CT molecular complexity index is 666. The van der Waals surface area contributed by atoms with Gasteiger partial charge in [0.2, 0.25) is 0 Å². The van der Waals surface area contributed by atoms with Crippen molar-refractivity contribution in [2.24, 2.45) is 0 Å². The van der Waals surface area contributed by atoms with Crippen LogP contribution in [-0.2, 0) is 17.8 Å². The second-order valence-corrected chi connectivity index (χ2v) is 5.60. The van der Waals surface area contributed by atoms with Gasteiger partial charge in [-0.25, -0.2) is 0 Å². The molecule has 0 bridgehead atoms. The normalized spacial score (nSPS) is 12.0. The standard InChI is InChI=1S/C17H24N4O2/c1-5-21-11-19-20-16(21)8-9-18-17(22)14(4)23-15-10-12(2)6-7-13(15)3/h6-7,10-11,14H,5,8-9H2,1-4H3,(H,18,22)/t14-/m0/s1. The fourth-order valence-corrected chi connectivity index (χ4v) is 2.26. The van der Waals surface area contributed by atoms with Crippen molar-refractivity contribution in [3.8, 4) is 5.75 Å². The average Bonchev–Trinajstić information content (AvgIpc) is 2.98. The number of nitrogens with one attached hydrogen (secondary N) is 1. The highest BCUT2D eigenvalue weighted by atomic mass is 16.5. The molecule has 1 heterocycles. The van der Waals surface area contributed by atoms with Crippen molar-refractivity contribution in [3.63, 3.8) is 0 Å². The molecule has 0 aliphatic heterocycles. The maximum Gasteiger partial charge on any atom is 0.260 e. The molecule has 0 saturated carbocycles. The van der Waals surface area contributed by atoms with Gasteiger partial charge in [0.05, 0.1) is 0 Å². The fourth-order valence-electron chi connectivity index (χ4n) is 2.26. The van der Waals surface area contributed by atoms with Crippen LogP contribution in [0.1, 0.15) is 30.8 Å². The molecule has 0 aliphatic rings. The molecule has 0 saturated heterocycles. The molecule has 0 aliphatic carbocycles. The first-order valence-corrected chi connectivity index (χ1v) is 7.89. The van der Waals surface area contributed by atoms with Crippen LogP contribution in [-0.4, -0.2) is 33.3 Å². The lowest BCUT2D eigenvalue weighted by atomic mass is 10.1. The number of rotatable bonds is 7. The lowest BCUT2D eigenvalue weighted by Crippen LogP contribution is -2.37. The third kappa shape index (κ3) is 4.55. The van der Waals surface area contributed by atoms with Crippen molar-refractivity contribution in [1.82, 2.24) is 20.1 Å². The molecule has 0 radical (unpaired) electrons. The first-order chi connectivity index (χ1) is 11.0. The Morgan fingerprint density at radius 1 is 1.39 bits per heavy atom. The summed E-state index contributed by atoms with van der Waals surface area (Å²) >= 11 is 0. The van der Waals surface area contributed by atoms with E-state index < -0.39 is 6.10 Å². The lowest BCUT2D eigenvalue weighted by Gasteiger charge is -2.16. The Hall–Kier alpha value is -2.37. The van der Waals surface area contributed by atoms with Crippen molar-refractivity contribution in [2.45, 2.75) is 46.8 Å². The third-order valence-electron chi connectivity index (χ3n) is 3.70. The fraction of sp³-hybridized carbons (Fsp3) is 0.471. The molecule has 1 N–H and O–H groups in total. The molecule has 124 valence electrons. The number of nitrogens with zero attached hydrogens (tertiary/aromatic N) is 3. The highest BCUT2D eigenvalue weighted by Crippen LogP contribution is 2.20. The van der Waals surface area contributed by atoms with Gasteiger partial charge in [0.15, 0.2) is 6.10 Å². The molecule has 1 aromatic heterocycles. The number of aryl methyl sites for hydroxylation is 3. The zero-order chi connectivity index (χ0) is 16.8. The van der Waals surface area contributed by atoms with Crippen LogP contribution in [0.25, 0.3) is 0 Å². The summed E-state index contributed by atoms with van der Waals surface area (Å²) in [5, 5.41) is 10.8. The Morgan fingerprint density at radius 2 is 2.17 bits per heavy atom. The van der Waals surface area contributed by atoms with E-state index >= 15 is 0 Å². The predicted molar refractivity (Wildman–Crippen MR) is 88.4 cm³/mol. The minimum Gasteiger partial charge on any atom is -0.481 e. The van der Waals surface area contributed by atoms with Crippen LogP contribution in [0.3, 0.4) is 0 Å². The Morgan fingerprint density at radius 3 is 2.91 bits per heavy atom. The lowest BCUT2D eigenvalue weighted by molar-refractivity contribution is -0.127. The summed E-state index contributed by atoms with van der Waals surface area (Å²) < 4.78 is 7.74. The SMILES string of the molecule is CCn1cnnc1CCNC(=O)[C@H](C)Oc1cc(C)ccc1C. The van der Waals surface area contributed by atoms with E-state index in [2.05, 4.69) is 15.5 Å². The monoisotopic (exact) mass is 316 g/mol. The number of amides is 1. The van der Waals surface area contributed by atoms with E-state index in [0.717, 1.165) is 29.2 Å². The molecular formula is C17H24N4O2. The second-order valence-electron chi connectivity index (χ2n) is 5.60. The minimum atomic E-state index is -0.542. The molecule has 1 aromatic carbocycles. The van der Waals surface area contributed by atoms with Crippen molar-refractivity contribution in [1.29, 1.82) is 0 Å². The van der Waals surface area contributed by atoms with Crippen LogP contribution in [0.4, 0.5) is 0 Å². The second kappa shape index (κ2) is 7.76. The summed E-state index contributed by atoms with van der Waals surface area (Å²) in [5.41, 5.74) is 2.13. The smallest absolute Gasteiger partial charge is 0.260 e. The van der Waals surface area contributed by atoms with E-state index in [-0.39, 0.29) is 5.91 Å². The van der Waals surface area contributed by atoms with Crippen molar-refractivity contribution < 1.29 is 9.53 Å². The highest BCUT2D eigenvalue weighted by molar-refractivity contribution is 5.80. The summed E-state index contributed by atoms with van der Waals surface area (Å²) in [6, 6.07) is 5.96. The van der Waals surface area contributed by atoms with E-state index in [4.69, 9.17) is 4.74 Å². The van der Waals surface area contributed by atoms with Crippen LogP contribution in [0, 0.1) is 13.8 Å². The largest absolute Gasteiger partial charge is 0.481 e. The molecule has 1 amide bonds. The van der Waals surface area contributed by atoms with Crippen LogP contribution in [0.15, 0.2) is 24.5 Å². The Kier molecular flexibility index (Phi) is 5.73. The van der Waals surface area contributed by atoms with E-state index in [1.807, 2.05) is 43.5 Å². The van der Waals surface area contributed by atoms with Crippen molar-refractivity contribution in [2.75, 3.05) is 6.54 Å². The molecular weight excluding hydrogens is 292 g/mol. The molecule has 6 nitrogen and oxygen atoms in total. The van der Waals surface area contributed by atoms with E-state index in [9.17, 15) is 4.79 Å². The van der Waals surface area contributed by atoms with Crippen molar-refractivity contribution >= 4 is 5.91 Å². The van der Waals surface area contributed by atoms with Gasteiger partial charge in [-0.1, -0.05) is 12.1 Å². The summed E-state index contributed by atoms with van der Waals surface area (Å²) in [6.07, 6.45) is 1.80. The first kappa shape index (κ1) is 17.0. The van der Waals surface area contributed by atoms with Gasteiger partial charge in [-0.2, -0.15) is 0 Å². The third-order valence-corrected chi connectivity index (χ3v) is 3.70. The van der Waals surface area contributed by atoms with Gasteiger partial charge < -0.3 is 14.6 Å². The number of benzene rings is 1. The quantitative estimate of drug-likeness (QED) is 0.849. The molecule has 23 heavy (non-hydrogen) atoms. The molecule has 0 unspecified atom stereocenters. The summed E-state index contributed by atoms with van der Waals surface area (Å²) in [4.78, 5) is 12.1. The molecule has 2 aromatic rings. The summed E-state index contributed by atoms with van der Waals surface area (Å²) in [5.74, 6) is 1.49.